The number of rotatable bonds is 6. The molecule has 2 amide bonds. The highest BCUT2D eigenvalue weighted by Crippen LogP contribution is 2.23. The number of para-hydroxylation sites is 1. The molecule has 0 fully saturated rings. The third kappa shape index (κ3) is 4.66. The molecule has 0 saturated heterocycles. The van der Waals surface area contributed by atoms with Crippen molar-refractivity contribution in [3.05, 3.63) is 75.0 Å². The third-order valence-corrected chi connectivity index (χ3v) is 4.81. The van der Waals surface area contributed by atoms with Crippen molar-refractivity contribution in [3.8, 4) is 0 Å². The fourth-order valence-corrected chi connectivity index (χ4v) is 3.36. The van der Waals surface area contributed by atoms with E-state index in [2.05, 4.69) is 10.6 Å². The van der Waals surface area contributed by atoms with Crippen molar-refractivity contribution >= 4 is 40.0 Å². The molecule has 1 aromatic heterocycles. The summed E-state index contributed by atoms with van der Waals surface area (Å²) in [6.07, 6.45) is 0.794. The summed E-state index contributed by atoms with van der Waals surface area (Å²) in [6, 6.07) is 13.6. The molecule has 3 aromatic rings. The molecule has 2 N–H and O–H groups in total. The number of carbonyl (C=O) groups is 2. The van der Waals surface area contributed by atoms with Crippen molar-refractivity contribution in [2.75, 3.05) is 11.9 Å². The number of halogens is 1. The molecular formula is C22H22ClN3O3. The van der Waals surface area contributed by atoms with Crippen LogP contribution >= 0.6 is 11.6 Å². The van der Waals surface area contributed by atoms with Gasteiger partial charge in [-0.2, -0.15) is 0 Å². The first-order valence-corrected chi connectivity index (χ1v) is 9.75. The Balaban J connectivity index is 1.93. The second kappa shape index (κ2) is 8.92. The summed E-state index contributed by atoms with van der Waals surface area (Å²) in [4.78, 5) is 37.7. The monoisotopic (exact) mass is 411 g/mol. The lowest BCUT2D eigenvalue weighted by molar-refractivity contribution is -0.116. The van der Waals surface area contributed by atoms with Crippen LogP contribution in [0.15, 0.2) is 53.3 Å². The molecule has 0 aliphatic carbocycles. The molecule has 7 heteroatoms. The normalized spacial score (nSPS) is 10.7. The summed E-state index contributed by atoms with van der Waals surface area (Å²) in [5.41, 5.74) is 1.86. The lowest BCUT2D eigenvalue weighted by atomic mass is 10.1. The van der Waals surface area contributed by atoms with Gasteiger partial charge < -0.3 is 10.6 Å². The van der Waals surface area contributed by atoms with E-state index in [4.69, 9.17) is 11.6 Å². The summed E-state index contributed by atoms with van der Waals surface area (Å²) in [6.45, 7) is 4.19. The molecular weight excluding hydrogens is 390 g/mol. The van der Waals surface area contributed by atoms with Crippen LogP contribution in [0.3, 0.4) is 0 Å². The number of amides is 2. The molecule has 1 heterocycles. The fraction of sp³-hybridized carbons (Fsp3) is 0.227. The molecule has 0 saturated carbocycles. The van der Waals surface area contributed by atoms with E-state index in [1.54, 1.807) is 36.4 Å². The Labute approximate surface area is 173 Å². The number of fused-ring (bicyclic) bond motifs is 1. The molecule has 0 bridgehead atoms. The second-order valence-corrected chi connectivity index (χ2v) is 7.19. The third-order valence-electron chi connectivity index (χ3n) is 4.50. The summed E-state index contributed by atoms with van der Waals surface area (Å²) in [5, 5.41) is 6.57. The molecule has 0 aliphatic rings. The predicted molar refractivity (Wildman–Crippen MR) is 116 cm³/mol. The van der Waals surface area contributed by atoms with Gasteiger partial charge in [-0.3, -0.25) is 19.0 Å². The van der Waals surface area contributed by atoms with Crippen LogP contribution < -0.4 is 16.2 Å². The van der Waals surface area contributed by atoms with Crippen molar-refractivity contribution in [1.29, 1.82) is 0 Å². The smallest absolute Gasteiger partial charge is 0.252 e. The first-order valence-electron chi connectivity index (χ1n) is 9.37. The van der Waals surface area contributed by atoms with Crippen molar-refractivity contribution in [2.45, 2.75) is 26.8 Å². The molecule has 0 spiro atoms. The fourth-order valence-electron chi connectivity index (χ4n) is 3.07. The average Bonchev–Trinajstić information content (AvgIpc) is 2.70. The number of aryl methyl sites for hydroxylation is 1. The first kappa shape index (κ1) is 20.6. The quantitative estimate of drug-likeness (QED) is 0.648. The maximum absolute atomic E-state index is 12.7. The zero-order valence-electron chi connectivity index (χ0n) is 16.3. The van der Waals surface area contributed by atoms with Crippen molar-refractivity contribution in [2.24, 2.45) is 0 Å². The highest BCUT2D eigenvalue weighted by atomic mass is 35.5. The molecule has 29 heavy (non-hydrogen) atoms. The number of hydrogen-bond donors (Lipinski definition) is 2. The minimum Gasteiger partial charge on any atom is -0.352 e. The maximum atomic E-state index is 12.7. The molecule has 0 radical (unpaired) electrons. The van der Waals surface area contributed by atoms with Crippen molar-refractivity contribution < 1.29 is 9.59 Å². The van der Waals surface area contributed by atoms with Crippen LogP contribution in [0.4, 0.5) is 5.69 Å². The molecule has 0 atom stereocenters. The predicted octanol–water partition coefficient (Wildman–Crippen LogP) is 3.74. The number of anilines is 1. The molecule has 0 unspecified atom stereocenters. The summed E-state index contributed by atoms with van der Waals surface area (Å²) >= 11 is 6.17. The van der Waals surface area contributed by atoms with E-state index in [9.17, 15) is 14.4 Å². The maximum Gasteiger partial charge on any atom is 0.252 e. The minimum absolute atomic E-state index is 0.194. The van der Waals surface area contributed by atoms with E-state index in [1.807, 2.05) is 19.9 Å². The van der Waals surface area contributed by atoms with Gasteiger partial charge in [0.15, 0.2) is 0 Å². The number of hydrogen-bond acceptors (Lipinski definition) is 3. The molecule has 3 rings (SSSR count). The Morgan fingerprint density at radius 3 is 2.59 bits per heavy atom. The SMILES string of the molecule is CCCNC(=O)c1cc(=O)n(CC(=O)Nc2ccc(C)cc2Cl)c2ccccc12. The average molecular weight is 412 g/mol. The lowest BCUT2D eigenvalue weighted by Crippen LogP contribution is -2.31. The Kier molecular flexibility index (Phi) is 6.34. The standard InChI is InChI=1S/C22H22ClN3O3/c1-3-10-24-22(29)16-12-21(28)26(19-7-5-4-6-15(16)19)13-20(27)25-18-9-8-14(2)11-17(18)23/h4-9,11-12H,3,10,13H2,1-2H3,(H,24,29)(H,25,27). The van der Waals surface area contributed by atoms with Crippen LogP contribution in [-0.4, -0.2) is 22.9 Å². The highest BCUT2D eigenvalue weighted by Gasteiger charge is 2.16. The second-order valence-electron chi connectivity index (χ2n) is 6.79. The van der Waals surface area contributed by atoms with Gasteiger partial charge in [0.05, 0.1) is 21.8 Å². The Morgan fingerprint density at radius 1 is 1.10 bits per heavy atom. The van der Waals surface area contributed by atoms with Gasteiger partial charge in [-0.15, -0.1) is 0 Å². The number of aromatic nitrogens is 1. The highest BCUT2D eigenvalue weighted by molar-refractivity contribution is 6.33. The van der Waals surface area contributed by atoms with E-state index in [0.29, 0.717) is 33.7 Å². The van der Waals surface area contributed by atoms with Gasteiger partial charge in [0, 0.05) is 18.0 Å². The van der Waals surface area contributed by atoms with E-state index < -0.39 is 5.56 Å². The first-order chi connectivity index (χ1) is 13.9. The Morgan fingerprint density at radius 2 is 1.86 bits per heavy atom. The van der Waals surface area contributed by atoms with Gasteiger partial charge in [-0.1, -0.05) is 42.8 Å². The Hall–Kier alpha value is -3.12. The van der Waals surface area contributed by atoms with Gasteiger partial charge in [-0.05, 0) is 37.1 Å². The molecule has 0 aliphatic heterocycles. The van der Waals surface area contributed by atoms with Gasteiger partial charge in [0.25, 0.3) is 11.5 Å². The number of carbonyl (C=O) groups excluding carboxylic acids is 2. The summed E-state index contributed by atoms with van der Waals surface area (Å²) < 4.78 is 1.35. The Bertz CT molecular complexity index is 1140. The van der Waals surface area contributed by atoms with Crippen LogP contribution in [-0.2, 0) is 11.3 Å². The van der Waals surface area contributed by atoms with Gasteiger partial charge in [-0.25, -0.2) is 0 Å². The van der Waals surface area contributed by atoms with E-state index in [-0.39, 0.29) is 18.4 Å². The number of benzene rings is 2. The lowest BCUT2D eigenvalue weighted by Gasteiger charge is -2.14. The van der Waals surface area contributed by atoms with Crippen LogP contribution in [0.25, 0.3) is 10.9 Å². The van der Waals surface area contributed by atoms with Crippen molar-refractivity contribution in [1.82, 2.24) is 9.88 Å². The van der Waals surface area contributed by atoms with Crippen LogP contribution in [0.5, 0.6) is 0 Å². The van der Waals surface area contributed by atoms with E-state index in [1.165, 1.54) is 10.6 Å². The number of nitrogens with zero attached hydrogens (tertiary/aromatic N) is 1. The van der Waals surface area contributed by atoms with Crippen LogP contribution in [0.1, 0.15) is 29.3 Å². The number of pyridine rings is 1. The van der Waals surface area contributed by atoms with Gasteiger partial charge in [0.1, 0.15) is 6.54 Å². The van der Waals surface area contributed by atoms with Crippen molar-refractivity contribution in [3.63, 3.8) is 0 Å². The summed E-state index contributed by atoms with van der Waals surface area (Å²) in [7, 11) is 0. The van der Waals surface area contributed by atoms with Crippen LogP contribution in [0, 0.1) is 6.92 Å². The molecule has 2 aromatic carbocycles. The number of nitrogens with one attached hydrogen (secondary N) is 2. The topological polar surface area (TPSA) is 80.2 Å². The summed E-state index contributed by atoms with van der Waals surface area (Å²) in [5.74, 6) is -0.686. The van der Waals surface area contributed by atoms with Gasteiger partial charge in [0.2, 0.25) is 5.91 Å². The molecule has 150 valence electrons. The zero-order valence-corrected chi connectivity index (χ0v) is 17.0. The van der Waals surface area contributed by atoms with E-state index in [0.717, 1.165) is 12.0 Å². The van der Waals surface area contributed by atoms with E-state index >= 15 is 0 Å². The van der Waals surface area contributed by atoms with Gasteiger partial charge >= 0.3 is 0 Å². The largest absolute Gasteiger partial charge is 0.352 e. The minimum atomic E-state index is -0.421. The zero-order chi connectivity index (χ0) is 21.0. The van der Waals surface area contributed by atoms with Crippen LogP contribution in [0.2, 0.25) is 5.02 Å². The molecule has 6 nitrogen and oxygen atoms in total.